The number of thioether (sulfide) groups is 1. The molecule has 2 saturated heterocycles. The number of ether oxygens (including phenoxy) is 1. The van der Waals surface area contributed by atoms with Crippen molar-refractivity contribution in [2.75, 3.05) is 18.9 Å². The van der Waals surface area contributed by atoms with Crippen LogP contribution in [-0.2, 0) is 30.3 Å². The van der Waals surface area contributed by atoms with E-state index in [1.54, 1.807) is 12.1 Å². The van der Waals surface area contributed by atoms with Gasteiger partial charge in [0.05, 0.1) is 6.42 Å². The van der Waals surface area contributed by atoms with E-state index in [2.05, 4.69) is 0 Å². The molecule has 3 rings (SSSR count). The normalized spacial score (nSPS) is 26.7. The Balaban J connectivity index is 1.66. The second-order valence-electron chi connectivity index (χ2n) is 6.47. The third kappa shape index (κ3) is 3.66. The van der Waals surface area contributed by atoms with Crippen molar-refractivity contribution in [1.29, 1.82) is 0 Å². The van der Waals surface area contributed by atoms with Gasteiger partial charge in [-0.25, -0.2) is 5.06 Å². The number of carboxylic acid groups (broad SMARTS) is 1. The maximum atomic E-state index is 12.5. The number of carbonyl (C=O) groups is 4. The predicted molar refractivity (Wildman–Crippen MR) is 95.1 cm³/mol. The summed E-state index contributed by atoms with van der Waals surface area (Å²) >= 11 is 2.52. The highest BCUT2D eigenvalue weighted by Crippen LogP contribution is 2.44. The summed E-state index contributed by atoms with van der Waals surface area (Å²) in [6.07, 6.45) is -0.0130. The van der Waals surface area contributed by atoms with Crippen molar-refractivity contribution in [2.45, 2.75) is 24.8 Å². The lowest BCUT2D eigenvalue weighted by atomic mass is 9.88. The van der Waals surface area contributed by atoms with Crippen LogP contribution < -0.4 is 0 Å². The molecule has 2 aliphatic rings. The number of carbonyl (C=O) groups excluding carboxylic acids is 3. The van der Waals surface area contributed by atoms with Crippen LogP contribution >= 0.6 is 23.1 Å². The summed E-state index contributed by atoms with van der Waals surface area (Å²) in [5, 5.41) is 21.5. The summed E-state index contributed by atoms with van der Waals surface area (Å²) in [6.45, 7) is 0.698. The molecule has 0 saturated carbocycles. The smallest absolute Gasteiger partial charge is 0.315 e. The molecule has 3 atom stereocenters. The van der Waals surface area contributed by atoms with Crippen LogP contribution in [0, 0.1) is 5.41 Å². The van der Waals surface area contributed by atoms with Gasteiger partial charge < -0.3 is 14.7 Å². The Labute approximate surface area is 162 Å². The molecule has 2 unspecified atom stereocenters. The van der Waals surface area contributed by atoms with Gasteiger partial charge in [0, 0.05) is 24.1 Å². The molecule has 2 N–H and O–H groups in total. The van der Waals surface area contributed by atoms with E-state index in [1.165, 1.54) is 23.2 Å². The van der Waals surface area contributed by atoms with Gasteiger partial charge in [-0.3, -0.25) is 24.4 Å². The fourth-order valence-electron chi connectivity index (χ4n) is 3.01. The lowest BCUT2D eigenvalue weighted by Crippen LogP contribution is -2.74. The standard InChI is InChI=1S/C16H18N2O7S2/c1-9(19)25-7-16(15(22)23)6-17-13(21)12(14(17)27-8-16)18(24)11(20)5-10-3-2-4-26-10/h2-4,12,14,24H,5-8H2,1H3,(H,22,23)/t12?,14-,16?/m1/s1. The van der Waals surface area contributed by atoms with Gasteiger partial charge in [0.25, 0.3) is 11.8 Å². The topological polar surface area (TPSA) is 124 Å². The van der Waals surface area contributed by atoms with E-state index < -0.39 is 40.6 Å². The zero-order valence-corrected chi connectivity index (χ0v) is 16.0. The van der Waals surface area contributed by atoms with Crippen LogP contribution in [0.1, 0.15) is 11.8 Å². The van der Waals surface area contributed by atoms with Gasteiger partial charge >= 0.3 is 11.9 Å². The Hall–Kier alpha value is -2.11. The molecule has 0 radical (unpaired) electrons. The number of rotatable bonds is 6. The number of amides is 2. The average Bonchev–Trinajstić information content (AvgIpc) is 3.12. The Morgan fingerprint density at radius 3 is 2.78 bits per heavy atom. The number of fused-ring (bicyclic) bond motifs is 1. The molecule has 11 heteroatoms. The third-order valence-corrected chi connectivity index (χ3v) is 7.00. The number of nitrogens with zero attached hydrogens (tertiary/aromatic N) is 2. The SMILES string of the molecule is CC(=O)OCC1(C(=O)O)CS[C@@H]2C(N(O)C(=O)Cc3cccs3)C(=O)N2C1. The molecule has 9 nitrogen and oxygen atoms in total. The Morgan fingerprint density at radius 1 is 1.44 bits per heavy atom. The number of thiophene rings is 1. The van der Waals surface area contributed by atoms with Crippen LogP contribution in [0.5, 0.6) is 0 Å². The first-order chi connectivity index (χ1) is 12.7. The summed E-state index contributed by atoms with van der Waals surface area (Å²) in [5.74, 6) is -2.79. The summed E-state index contributed by atoms with van der Waals surface area (Å²) in [5.41, 5.74) is -1.41. The lowest BCUT2D eigenvalue weighted by molar-refractivity contribution is -0.202. The van der Waals surface area contributed by atoms with Gasteiger partial charge in [0.2, 0.25) is 0 Å². The summed E-state index contributed by atoms with van der Waals surface area (Å²) in [7, 11) is 0. The first-order valence-electron chi connectivity index (χ1n) is 8.07. The maximum Gasteiger partial charge on any atom is 0.315 e. The van der Waals surface area contributed by atoms with Gasteiger partial charge in [-0.1, -0.05) is 6.07 Å². The van der Waals surface area contributed by atoms with Crippen LogP contribution in [0.15, 0.2) is 17.5 Å². The predicted octanol–water partition coefficient (Wildman–Crippen LogP) is 0.426. The molecule has 0 aliphatic carbocycles. The van der Waals surface area contributed by atoms with Crippen molar-refractivity contribution >= 4 is 46.9 Å². The highest BCUT2D eigenvalue weighted by molar-refractivity contribution is 8.00. The van der Waals surface area contributed by atoms with Crippen LogP contribution in [0.3, 0.4) is 0 Å². The second-order valence-corrected chi connectivity index (χ2v) is 8.61. The molecule has 2 amide bonds. The number of aliphatic carboxylic acids is 1. The molecule has 3 heterocycles. The molecule has 0 bridgehead atoms. The minimum atomic E-state index is -1.41. The van der Waals surface area contributed by atoms with Crippen molar-refractivity contribution in [3.05, 3.63) is 22.4 Å². The Morgan fingerprint density at radius 2 is 2.19 bits per heavy atom. The first-order valence-corrected chi connectivity index (χ1v) is 10.0. The monoisotopic (exact) mass is 414 g/mol. The number of hydrogen-bond donors (Lipinski definition) is 2. The Kier molecular flexibility index (Phi) is 5.45. The van der Waals surface area contributed by atoms with Gasteiger partial charge in [0.1, 0.15) is 17.4 Å². The van der Waals surface area contributed by atoms with E-state index in [-0.39, 0.29) is 25.3 Å². The highest BCUT2D eigenvalue weighted by Gasteiger charge is 2.60. The summed E-state index contributed by atoms with van der Waals surface area (Å²) in [4.78, 5) is 49.5. The third-order valence-electron chi connectivity index (χ3n) is 4.55. The van der Waals surface area contributed by atoms with Crippen molar-refractivity contribution in [3.8, 4) is 0 Å². The van der Waals surface area contributed by atoms with Gasteiger partial charge in [-0.2, -0.15) is 0 Å². The van der Waals surface area contributed by atoms with Crippen LogP contribution in [0.25, 0.3) is 0 Å². The molecule has 1 aromatic rings. The van der Waals surface area contributed by atoms with Gasteiger partial charge in [0.15, 0.2) is 6.04 Å². The van der Waals surface area contributed by atoms with Gasteiger partial charge in [-0.15, -0.1) is 23.1 Å². The quantitative estimate of drug-likeness (QED) is 0.297. The van der Waals surface area contributed by atoms with E-state index in [4.69, 9.17) is 4.74 Å². The minimum Gasteiger partial charge on any atom is -0.481 e. The molecule has 2 aliphatic heterocycles. The summed E-state index contributed by atoms with van der Waals surface area (Å²) < 4.78 is 4.88. The van der Waals surface area contributed by atoms with Crippen molar-refractivity contribution in [1.82, 2.24) is 9.96 Å². The molecule has 1 aromatic heterocycles. The first kappa shape index (κ1) is 19.6. The average molecular weight is 414 g/mol. The van der Waals surface area contributed by atoms with E-state index in [0.717, 1.165) is 16.6 Å². The lowest BCUT2D eigenvalue weighted by Gasteiger charge is -2.54. The van der Waals surface area contributed by atoms with E-state index in [9.17, 15) is 29.5 Å². The van der Waals surface area contributed by atoms with Crippen molar-refractivity contribution in [2.24, 2.45) is 5.41 Å². The molecule has 0 spiro atoms. The number of hydrogen-bond acceptors (Lipinski definition) is 8. The Bertz CT molecular complexity index is 769. The molecule has 27 heavy (non-hydrogen) atoms. The molecule has 146 valence electrons. The summed E-state index contributed by atoms with van der Waals surface area (Å²) in [6, 6.07) is 2.51. The van der Waals surface area contributed by atoms with Crippen LogP contribution in [0.2, 0.25) is 0 Å². The zero-order chi connectivity index (χ0) is 19.8. The number of carboxylic acids is 1. The fraction of sp³-hybridized carbons (Fsp3) is 0.500. The number of β-lactam (4-membered cyclic amide) rings is 1. The van der Waals surface area contributed by atoms with E-state index >= 15 is 0 Å². The maximum absolute atomic E-state index is 12.5. The van der Waals surface area contributed by atoms with E-state index in [1.807, 2.05) is 5.38 Å². The largest absolute Gasteiger partial charge is 0.481 e. The number of hydroxylamine groups is 2. The van der Waals surface area contributed by atoms with Gasteiger partial charge in [-0.05, 0) is 11.4 Å². The van der Waals surface area contributed by atoms with E-state index in [0.29, 0.717) is 5.06 Å². The molecular weight excluding hydrogens is 396 g/mol. The second kappa shape index (κ2) is 7.49. The zero-order valence-electron chi connectivity index (χ0n) is 14.4. The highest BCUT2D eigenvalue weighted by atomic mass is 32.2. The minimum absolute atomic E-state index is 0.0130. The number of esters is 1. The van der Waals surface area contributed by atoms with Crippen LogP contribution in [0.4, 0.5) is 0 Å². The van der Waals surface area contributed by atoms with Crippen molar-refractivity contribution < 1.29 is 34.2 Å². The fourth-order valence-corrected chi connectivity index (χ4v) is 5.27. The van der Waals surface area contributed by atoms with Crippen molar-refractivity contribution in [3.63, 3.8) is 0 Å². The van der Waals surface area contributed by atoms with Crippen LogP contribution in [-0.4, -0.2) is 74.4 Å². The molecular formula is C16H18N2O7S2. The molecule has 2 fully saturated rings. The molecule has 0 aromatic carbocycles.